The summed E-state index contributed by atoms with van der Waals surface area (Å²) in [5.74, 6) is 0.449. The van der Waals surface area contributed by atoms with Gasteiger partial charge in [0.05, 0.1) is 17.3 Å². The van der Waals surface area contributed by atoms with Gasteiger partial charge in [-0.25, -0.2) is 0 Å². The molecule has 1 aromatic carbocycles. The fourth-order valence-corrected chi connectivity index (χ4v) is 2.61. The summed E-state index contributed by atoms with van der Waals surface area (Å²) < 4.78 is 5.49. The van der Waals surface area contributed by atoms with E-state index in [1.807, 2.05) is 0 Å². The maximum absolute atomic E-state index is 11.7. The Kier molecular flexibility index (Phi) is 5.68. The van der Waals surface area contributed by atoms with Crippen LogP contribution in [0.2, 0.25) is 5.02 Å². The minimum atomic E-state index is -0.164. The fraction of sp³-hybridized carbons (Fsp3) is 0.533. The number of rotatable bonds is 5. The zero-order valence-electron chi connectivity index (χ0n) is 11.5. The first kappa shape index (κ1) is 15.1. The van der Waals surface area contributed by atoms with Crippen molar-refractivity contribution in [3.05, 3.63) is 23.2 Å². The molecule has 0 bridgehead atoms. The number of carbonyl (C=O) groups is 1. The van der Waals surface area contributed by atoms with Gasteiger partial charge in [-0.3, -0.25) is 4.79 Å². The zero-order valence-corrected chi connectivity index (χ0v) is 12.3. The smallest absolute Gasteiger partial charge is 0.250 e. The summed E-state index contributed by atoms with van der Waals surface area (Å²) in [5, 5.41) is 3.23. The Balaban J connectivity index is 1.70. The first-order valence-electron chi connectivity index (χ1n) is 7.08. The zero-order chi connectivity index (χ0) is 14.4. The highest BCUT2D eigenvalue weighted by molar-refractivity contribution is 6.33. The molecule has 1 aromatic rings. The summed E-state index contributed by atoms with van der Waals surface area (Å²) in [6.07, 6.45) is 6.33. The van der Waals surface area contributed by atoms with Gasteiger partial charge in [-0.05, 0) is 37.0 Å². The van der Waals surface area contributed by atoms with Crippen LogP contribution < -0.4 is 11.1 Å². The van der Waals surface area contributed by atoms with E-state index in [2.05, 4.69) is 5.32 Å². The molecule has 1 aliphatic rings. The average Bonchev–Trinajstić information content (AvgIpc) is 2.44. The first-order chi connectivity index (χ1) is 9.65. The van der Waals surface area contributed by atoms with Crippen LogP contribution in [0.3, 0.4) is 0 Å². The molecule has 0 saturated heterocycles. The van der Waals surface area contributed by atoms with Crippen LogP contribution in [0.15, 0.2) is 18.2 Å². The van der Waals surface area contributed by atoms with E-state index in [4.69, 9.17) is 22.1 Å². The SMILES string of the molecule is Nc1cc(NC(=O)COCC2CCCCC2)ccc1Cl. The monoisotopic (exact) mass is 296 g/mol. The van der Waals surface area contributed by atoms with E-state index in [1.54, 1.807) is 18.2 Å². The van der Waals surface area contributed by atoms with Gasteiger partial charge < -0.3 is 15.8 Å². The van der Waals surface area contributed by atoms with Gasteiger partial charge in [-0.15, -0.1) is 0 Å². The molecule has 1 aliphatic carbocycles. The number of carbonyl (C=O) groups excluding carboxylic acids is 1. The van der Waals surface area contributed by atoms with Crippen LogP contribution in [0.25, 0.3) is 0 Å². The third-order valence-electron chi connectivity index (χ3n) is 3.59. The lowest BCUT2D eigenvalue weighted by Gasteiger charge is -2.21. The van der Waals surface area contributed by atoms with Gasteiger partial charge in [-0.1, -0.05) is 30.9 Å². The molecule has 0 aliphatic heterocycles. The molecule has 0 spiro atoms. The molecule has 0 atom stereocenters. The number of benzene rings is 1. The molecule has 0 aromatic heterocycles. The Hall–Kier alpha value is -1.26. The Morgan fingerprint density at radius 3 is 2.80 bits per heavy atom. The van der Waals surface area contributed by atoms with Gasteiger partial charge in [0.25, 0.3) is 0 Å². The molecule has 20 heavy (non-hydrogen) atoms. The lowest BCUT2D eigenvalue weighted by molar-refractivity contribution is -0.121. The third-order valence-corrected chi connectivity index (χ3v) is 3.94. The van der Waals surface area contributed by atoms with Crippen LogP contribution in [-0.4, -0.2) is 19.1 Å². The number of nitrogens with two attached hydrogens (primary N) is 1. The summed E-state index contributed by atoms with van der Waals surface area (Å²) >= 11 is 5.82. The summed E-state index contributed by atoms with van der Waals surface area (Å²) in [6, 6.07) is 5.02. The standard InChI is InChI=1S/C15H21ClN2O2/c16-13-7-6-12(8-14(13)17)18-15(19)10-20-9-11-4-2-1-3-5-11/h6-8,11H,1-5,9-10,17H2,(H,18,19). The molecule has 2 rings (SSSR count). The van der Waals surface area contributed by atoms with Crippen molar-refractivity contribution < 1.29 is 9.53 Å². The van der Waals surface area contributed by atoms with Crippen molar-refractivity contribution in [3.63, 3.8) is 0 Å². The van der Waals surface area contributed by atoms with Crippen molar-refractivity contribution >= 4 is 28.9 Å². The lowest BCUT2D eigenvalue weighted by atomic mass is 9.90. The number of nitrogen functional groups attached to an aromatic ring is 1. The van der Waals surface area contributed by atoms with Gasteiger partial charge in [0.15, 0.2) is 0 Å². The van der Waals surface area contributed by atoms with Crippen LogP contribution in [0.4, 0.5) is 11.4 Å². The first-order valence-corrected chi connectivity index (χ1v) is 7.45. The van der Waals surface area contributed by atoms with Crippen LogP contribution >= 0.6 is 11.6 Å². The lowest BCUT2D eigenvalue weighted by Crippen LogP contribution is -2.21. The van der Waals surface area contributed by atoms with Crippen LogP contribution in [0, 0.1) is 5.92 Å². The maximum atomic E-state index is 11.7. The van der Waals surface area contributed by atoms with Gasteiger partial charge in [-0.2, -0.15) is 0 Å². The van der Waals surface area contributed by atoms with Crippen molar-refractivity contribution in [2.24, 2.45) is 5.92 Å². The van der Waals surface area contributed by atoms with E-state index < -0.39 is 0 Å². The van der Waals surface area contributed by atoms with Crippen molar-refractivity contribution in [1.82, 2.24) is 0 Å². The van der Waals surface area contributed by atoms with E-state index in [1.165, 1.54) is 32.1 Å². The van der Waals surface area contributed by atoms with Crippen molar-refractivity contribution in [2.75, 3.05) is 24.3 Å². The molecule has 0 heterocycles. The molecule has 1 amide bonds. The van der Waals surface area contributed by atoms with Crippen molar-refractivity contribution in [2.45, 2.75) is 32.1 Å². The molecule has 1 saturated carbocycles. The summed E-state index contributed by atoms with van der Waals surface area (Å²) in [6.45, 7) is 0.759. The number of amides is 1. The number of hydrogen-bond donors (Lipinski definition) is 2. The average molecular weight is 297 g/mol. The minimum absolute atomic E-state index is 0.0824. The molecular weight excluding hydrogens is 276 g/mol. The highest BCUT2D eigenvalue weighted by Crippen LogP contribution is 2.24. The van der Waals surface area contributed by atoms with E-state index in [-0.39, 0.29) is 12.5 Å². The molecule has 0 radical (unpaired) electrons. The second-order valence-corrected chi connectivity index (χ2v) is 5.71. The van der Waals surface area contributed by atoms with Gasteiger partial charge in [0.1, 0.15) is 6.61 Å². The van der Waals surface area contributed by atoms with E-state index in [9.17, 15) is 4.79 Å². The number of hydrogen-bond acceptors (Lipinski definition) is 3. The quantitative estimate of drug-likeness (QED) is 0.818. The van der Waals surface area contributed by atoms with Gasteiger partial charge in [0.2, 0.25) is 5.91 Å². The molecule has 5 heteroatoms. The maximum Gasteiger partial charge on any atom is 0.250 e. The summed E-state index contributed by atoms with van der Waals surface area (Å²) in [7, 11) is 0. The number of anilines is 2. The molecular formula is C15H21ClN2O2. The number of halogens is 1. The fourth-order valence-electron chi connectivity index (χ4n) is 2.49. The number of ether oxygens (including phenoxy) is 1. The largest absolute Gasteiger partial charge is 0.397 e. The second kappa shape index (κ2) is 7.50. The van der Waals surface area contributed by atoms with E-state index in [0.29, 0.717) is 28.9 Å². The summed E-state index contributed by atoms with van der Waals surface area (Å²) in [4.78, 5) is 11.7. The normalized spacial score (nSPS) is 16.1. The van der Waals surface area contributed by atoms with Gasteiger partial charge in [0, 0.05) is 5.69 Å². The van der Waals surface area contributed by atoms with E-state index in [0.717, 1.165) is 0 Å². The van der Waals surface area contributed by atoms with Crippen LogP contribution in [0.1, 0.15) is 32.1 Å². The molecule has 0 unspecified atom stereocenters. The van der Waals surface area contributed by atoms with Crippen molar-refractivity contribution in [3.8, 4) is 0 Å². The van der Waals surface area contributed by atoms with Crippen LogP contribution in [-0.2, 0) is 9.53 Å². The van der Waals surface area contributed by atoms with E-state index >= 15 is 0 Å². The highest BCUT2D eigenvalue weighted by Gasteiger charge is 2.14. The Bertz CT molecular complexity index is 459. The molecule has 4 nitrogen and oxygen atoms in total. The molecule has 1 fully saturated rings. The summed E-state index contributed by atoms with van der Waals surface area (Å²) in [5.41, 5.74) is 6.77. The van der Waals surface area contributed by atoms with Crippen LogP contribution in [0.5, 0.6) is 0 Å². The second-order valence-electron chi connectivity index (χ2n) is 5.30. The molecule has 3 N–H and O–H groups in total. The predicted octanol–water partition coefficient (Wildman–Crippen LogP) is 3.46. The molecule has 110 valence electrons. The Morgan fingerprint density at radius 2 is 2.10 bits per heavy atom. The van der Waals surface area contributed by atoms with Gasteiger partial charge >= 0.3 is 0 Å². The predicted molar refractivity (Wildman–Crippen MR) is 81.9 cm³/mol. The topological polar surface area (TPSA) is 64.3 Å². The third kappa shape index (κ3) is 4.69. The minimum Gasteiger partial charge on any atom is -0.397 e. The highest BCUT2D eigenvalue weighted by atomic mass is 35.5. The Labute approximate surface area is 124 Å². The number of nitrogens with one attached hydrogen (secondary N) is 1. The van der Waals surface area contributed by atoms with Crippen molar-refractivity contribution in [1.29, 1.82) is 0 Å². The Morgan fingerprint density at radius 1 is 1.35 bits per heavy atom.